The van der Waals surface area contributed by atoms with E-state index in [2.05, 4.69) is 96.1 Å². The zero-order valence-corrected chi connectivity index (χ0v) is 29.6. The molecular weight excluding hydrogens is 585 g/mol. The van der Waals surface area contributed by atoms with Crippen molar-refractivity contribution in [2.24, 2.45) is 35.5 Å². The van der Waals surface area contributed by atoms with Gasteiger partial charge in [-0.2, -0.15) is 0 Å². The second kappa shape index (κ2) is 20.0. The summed E-state index contributed by atoms with van der Waals surface area (Å²) in [5.74, 6) is 5.59. The minimum atomic E-state index is 0.0952. The predicted molar refractivity (Wildman–Crippen MR) is 187 cm³/mol. The minimum absolute atomic E-state index is 0.0952. The average Bonchev–Trinajstić information content (AvgIpc) is 3.49. The number of carbonyl (C=O) groups excluding carboxylic acids is 1. The lowest BCUT2D eigenvalue weighted by atomic mass is 9.85. The Morgan fingerprint density at radius 2 is 1.16 bits per heavy atom. The van der Waals surface area contributed by atoms with E-state index in [1.807, 2.05) is 29.6 Å². The van der Waals surface area contributed by atoms with Crippen molar-refractivity contribution >= 4 is 29.8 Å². The van der Waals surface area contributed by atoms with Crippen LogP contribution in [0.4, 0.5) is 0 Å². The molecule has 0 amide bonds. The van der Waals surface area contributed by atoms with Gasteiger partial charge in [0.25, 0.3) is 0 Å². The molecule has 44 heavy (non-hydrogen) atoms. The van der Waals surface area contributed by atoms with Gasteiger partial charge in [-0.05, 0) is 79.0 Å². The lowest BCUT2D eigenvalue weighted by molar-refractivity contribution is -0.110. The Morgan fingerprint density at radius 3 is 1.57 bits per heavy atom. The quantitative estimate of drug-likeness (QED) is 0.145. The van der Waals surface area contributed by atoms with Crippen LogP contribution in [0.2, 0.25) is 0 Å². The first-order valence-corrected chi connectivity index (χ1v) is 19.0. The number of carbonyl (C=O) groups is 1. The van der Waals surface area contributed by atoms with E-state index in [1.54, 1.807) is 0 Å². The van der Waals surface area contributed by atoms with E-state index in [0.717, 1.165) is 37.1 Å². The Balaban J connectivity index is 0.000000240. The molecule has 6 heteroatoms. The molecule has 2 aliphatic heterocycles. The topological polar surface area (TPSA) is 55.8 Å². The van der Waals surface area contributed by atoms with Crippen molar-refractivity contribution in [3.8, 4) is 0 Å². The van der Waals surface area contributed by atoms with Crippen LogP contribution in [0.5, 0.6) is 0 Å². The predicted octanol–water partition coefficient (Wildman–Crippen LogP) is 9.44. The van der Waals surface area contributed by atoms with Crippen LogP contribution >= 0.6 is 23.5 Å². The van der Waals surface area contributed by atoms with Gasteiger partial charge in [-0.1, -0.05) is 90.8 Å². The number of aliphatic hydroxyl groups is 1. The second-order valence-corrected chi connectivity index (χ2v) is 15.3. The highest BCUT2D eigenvalue weighted by molar-refractivity contribution is 7.99. The van der Waals surface area contributed by atoms with Crippen molar-refractivity contribution < 1.29 is 19.4 Å². The summed E-state index contributed by atoms with van der Waals surface area (Å²) in [6.07, 6.45) is 7.93. The number of aldehydes is 1. The fraction of sp³-hybridized carbons (Fsp3) is 0.658. The maximum absolute atomic E-state index is 11.0. The number of rotatable bonds is 16. The summed E-state index contributed by atoms with van der Waals surface area (Å²) in [5, 5.41) is 9.34. The van der Waals surface area contributed by atoms with Crippen LogP contribution in [0.3, 0.4) is 0 Å². The van der Waals surface area contributed by atoms with Crippen LogP contribution in [0, 0.1) is 35.5 Å². The molecule has 4 nitrogen and oxygen atoms in total. The maximum Gasteiger partial charge on any atom is 0.122 e. The molecule has 246 valence electrons. The summed E-state index contributed by atoms with van der Waals surface area (Å²) in [4.78, 5) is 13.6. The molecule has 2 saturated heterocycles. The number of benzene rings is 2. The van der Waals surface area contributed by atoms with Gasteiger partial charge in [0.15, 0.2) is 0 Å². The number of hydrogen-bond acceptors (Lipinski definition) is 6. The van der Waals surface area contributed by atoms with Gasteiger partial charge in [-0.3, -0.25) is 0 Å². The second-order valence-electron chi connectivity index (χ2n) is 13.1. The lowest BCUT2D eigenvalue weighted by Gasteiger charge is -2.21. The van der Waals surface area contributed by atoms with Crippen molar-refractivity contribution in [1.82, 2.24) is 0 Å². The summed E-state index contributed by atoms with van der Waals surface area (Å²) < 4.78 is 12.6. The highest BCUT2D eigenvalue weighted by atomic mass is 32.2. The third kappa shape index (κ3) is 11.5. The van der Waals surface area contributed by atoms with E-state index in [9.17, 15) is 9.90 Å². The zero-order valence-electron chi connectivity index (χ0n) is 28.0. The molecule has 0 saturated carbocycles. The molecule has 1 N–H and O–H groups in total. The molecule has 0 aliphatic carbocycles. The molecule has 2 fully saturated rings. The number of aliphatic hydroxyl groups excluding tert-OH is 1. The molecule has 0 bridgehead atoms. The van der Waals surface area contributed by atoms with Gasteiger partial charge >= 0.3 is 0 Å². The molecule has 0 unspecified atom stereocenters. The minimum Gasteiger partial charge on any atom is -0.396 e. The first-order chi connectivity index (χ1) is 21.3. The maximum atomic E-state index is 11.0. The summed E-state index contributed by atoms with van der Waals surface area (Å²) in [6.45, 7) is 13.9. The Bertz CT molecular complexity index is 1040. The SMILES string of the molecule is CC[C@@H](C)C[C@H]1O[C@@H](CC=O)[C@H](CSc2ccccc2)[C@H]1C.CC[C@@H](C)C[C@H]1O[C@@H](CCO)[C@H](CSc2ccccc2)[C@H]1C. The van der Waals surface area contributed by atoms with Gasteiger partial charge < -0.3 is 19.4 Å². The van der Waals surface area contributed by atoms with Crippen molar-refractivity contribution in [3.63, 3.8) is 0 Å². The van der Waals surface area contributed by atoms with Gasteiger partial charge in [-0.15, -0.1) is 23.5 Å². The Kier molecular flexibility index (Phi) is 16.9. The fourth-order valence-corrected chi connectivity index (χ4v) is 8.97. The molecule has 2 aromatic carbocycles. The molecule has 2 aliphatic rings. The van der Waals surface area contributed by atoms with Crippen molar-refractivity contribution in [2.45, 2.75) is 114 Å². The monoisotopic (exact) mass is 642 g/mol. The van der Waals surface area contributed by atoms with Gasteiger partial charge in [0.05, 0.1) is 24.4 Å². The highest BCUT2D eigenvalue weighted by Crippen LogP contribution is 2.41. The molecule has 2 aromatic rings. The fourth-order valence-electron chi connectivity index (χ4n) is 6.47. The van der Waals surface area contributed by atoms with E-state index in [0.29, 0.717) is 54.1 Å². The summed E-state index contributed by atoms with van der Waals surface area (Å²) >= 11 is 3.80. The first kappa shape index (κ1) is 37.2. The molecule has 10 atom stereocenters. The van der Waals surface area contributed by atoms with E-state index in [4.69, 9.17) is 9.47 Å². The largest absolute Gasteiger partial charge is 0.396 e. The van der Waals surface area contributed by atoms with Crippen molar-refractivity contribution in [1.29, 1.82) is 0 Å². The normalized spacial score (nSPS) is 29.5. The molecule has 2 heterocycles. The number of ether oxygens (including phenoxy) is 2. The standard InChI is InChI=1S/C19H30O2S.C19H28O2S/c2*1-4-14(2)12-19-15(3)17(18(21-19)10-11-20)13-22-16-8-6-5-7-9-16/h5-9,14-15,17-20H,4,10-13H2,1-3H3;5-9,11,14-15,17-19H,4,10,12-13H2,1-3H3/t2*14-,15-,17-,18+,19-/m11/s1. The molecule has 0 radical (unpaired) electrons. The van der Waals surface area contributed by atoms with E-state index >= 15 is 0 Å². The zero-order chi connectivity index (χ0) is 31.9. The molecule has 0 spiro atoms. The van der Waals surface area contributed by atoms with Gasteiger partial charge in [0.1, 0.15) is 6.29 Å². The van der Waals surface area contributed by atoms with Gasteiger partial charge in [0.2, 0.25) is 0 Å². The first-order valence-electron chi connectivity index (χ1n) is 17.0. The number of hydrogen-bond donors (Lipinski definition) is 1. The molecule has 4 rings (SSSR count). The lowest BCUT2D eigenvalue weighted by Crippen LogP contribution is -2.23. The summed E-state index contributed by atoms with van der Waals surface area (Å²) in [5.41, 5.74) is 0. The van der Waals surface area contributed by atoms with Crippen LogP contribution < -0.4 is 0 Å². The van der Waals surface area contributed by atoms with Crippen LogP contribution in [-0.4, -0.2) is 53.9 Å². The average molecular weight is 643 g/mol. The van der Waals surface area contributed by atoms with Crippen LogP contribution in [-0.2, 0) is 14.3 Å². The van der Waals surface area contributed by atoms with E-state index < -0.39 is 0 Å². The third-order valence-corrected chi connectivity index (χ3v) is 12.3. The molecular formula is C38H58O4S2. The van der Waals surface area contributed by atoms with Crippen LogP contribution in [0.1, 0.15) is 80.1 Å². The highest BCUT2D eigenvalue weighted by Gasteiger charge is 2.42. The Labute approximate surface area is 276 Å². The van der Waals surface area contributed by atoms with Gasteiger partial charge in [0, 0.05) is 34.3 Å². The third-order valence-electron chi connectivity index (χ3n) is 9.95. The Morgan fingerprint density at radius 1 is 0.727 bits per heavy atom. The van der Waals surface area contributed by atoms with Crippen molar-refractivity contribution in [3.05, 3.63) is 60.7 Å². The number of thioether (sulfide) groups is 2. The van der Waals surface area contributed by atoms with E-state index in [-0.39, 0.29) is 18.8 Å². The summed E-state index contributed by atoms with van der Waals surface area (Å²) in [6, 6.07) is 21.1. The van der Waals surface area contributed by atoms with Crippen LogP contribution in [0.15, 0.2) is 70.5 Å². The van der Waals surface area contributed by atoms with Gasteiger partial charge in [-0.25, -0.2) is 0 Å². The Hall–Kier alpha value is -1.31. The van der Waals surface area contributed by atoms with Crippen molar-refractivity contribution in [2.75, 3.05) is 18.1 Å². The smallest absolute Gasteiger partial charge is 0.122 e. The molecule has 0 aromatic heterocycles. The van der Waals surface area contributed by atoms with E-state index in [1.165, 1.54) is 22.6 Å². The summed E-state index contributed by atoms with van der Waals surface area (Å²) in [7, 11) is 0. The van der Waals surface area contributed by atoms with Crippen LogP contribution in [0.25, 0.3) is 0 Å².